The number of pyridine rings is 1. The summed E-state index contributed by atoms with van der Waals surface area (Å²) >= 11 is 0. The van der Waals surface area contributed by atoms with Crippen molar-refractivity contribution in [3.05, 3.63) is 29.6 Å². The zero-order valence-corrected chi connectivity index (χ0v) is 13.6. The van der Waals surface area contributed by atoms with Gasteiger partial charge in [0, 0.05) is 37.5 Å². The van der Waals surface area contributed by atoms with Crippen molar-refractivity contribution < 1.29 is 22.8 Å². The number of nitrogens with one attached hydrogen (secondary N) is 1. The quantitative estimate of drug-likeness (QED) is 0.916. The maximum Gasteiger partial charge on any atom is 0.408 e. The normalized spacial score (nSPS) is 21.5. The summed E-state index contributed by atoms with van der Waals surface area (Å²) in [5.74, 6) is -0.998. The highest BCUT2D eigenvalue weighted by Gasteiger charge is 2.47. The van der Waals surface area contributed by atoms with Crippen LogP contribution in [0.5, 0.6) is 0 Å². The minimum Gasteiger partial charge on any atom is -0.348 e. The molecule has 2 heterocycles. The van der Waals surface area contributed by atoms with Crippen LogP contribution in [-0.2, 0) is 11.2 Å². The lowest BCUT2D eigenvalue weighted by molar-refractivity contribution is -0.196. The van der Waals surface area contributed by atoms with Gasteiger partial charge in [-0.1, -0.05) is 6.92 Å². The summed E-state index contributed by atoms with van der Waals surface area (Å²) in [6.45, 7) is 2.86. The van der Waals surface area contributed by atoms with Gasteiger partial charge in [-0.25, -0.2) is 0 Å². The number of rotatable bonds is 3. The van der Waals surface area contributed by atoms with E-state index in [0.717, 1.165) is 17.4 Å². The fourth-order valence-electron chi connectivity index (χ4n) is 2.97. The standard InChI is InChI=1S/C16H20F3N3O2/c1-3-11-8-20-7-6-13(11)15(24)21-12-4-5-14(16(17,18)19)22(9-12)10(2)23/h6-8,12,14H,3-5,9H2,1-2H3,(H,21,24)/t12-,14+/m1/s1. The molecule has 0 saturated carbocycles. The molecule has 0 spiro atoms. The third-order valence-electron chi connectivity index (χ3n) is 4.23. The van der Waals surface area contributed by atoms with E-state index < -0.39 is 24.2 Å². The number of carbonyl (C=O) groups excluding carboxylic acids is 2. The molecule has 0 unspecified atom stereocenters. The van der Waals surface area contributed by atoms with Crippen LogP contribution < -0.4 is 5.32 Å². The van der Waals surface area contributed by atoms with Crippen molar-refractivity contribution in [1.29, 1.82) is 0 Å². The molecule has 0 aromatic carbocycles. The average Bonchev–Trinajstić information content (AvgIpc) is 2.53. The second-order valence-corrected chi connectivity index (χ2v) is 5.86. The topological polar surface area (TPSA) is 62.3 Å². The minimum absolute atomic E-state index is 0.141. The van der Waals surface area contributed by atoms with Crippen LogP contribution in [0.15, 0.2) is 18.5 Å². The first-order valence-electron chi connectivity index (χ1n) is 7.81. The molecule has 132 valence electrons. The van der Waals surface area contributed by atoms with Gasteiger partial charge in [-0.2, -0.15) is 13.2 Å². The maximum absolute atomic E-state index is 13.0. The van der Waals surface area contributed by atoms with Crippen molar-refractivity contribution in [2.45, 2.75) is 51.4 Å². The van der Waals surface area contributed by atoms with Gasteiger partial charge in [-0.3, -0.25) is 14.6 Å². The number of carbonyl (C=O) groups is 2. The highest BCUT2D eigenvalue weighted by atomic mass is 19.4. The van der Waals surface area contributed by atoms with Crippen molar-refractivity contribution in [2.75, 3.05) is 6.54 Å². The Kier molecular flexibility index (Phi) is 5.46. The van der Waals surface area contributed by atoms with E-state index in [2.05, 4.69) is 10.3 Å². The number of aromatic nitrogens is 1. The first-order chi connectivity index (χ1) is 11.2. The second-order valence-electron chi connectivity index (χ2n) is 5.86. The molecule has 1 aromatic rings. The molecule has 2 atom stereocenters. The van der Waals surface area contributed by atoms with E-state index in [1.54, 1.807) is 12.3 Å². The molecule has 1 aliphatic heterocycles. The number of piperidine rings is 1. The molecule has 1 aromatic heterocycles. The molecule has 24 heavy (non-hydrogen) atoms. The molecule has 0 aliphatic carbocycles. The Morgan fingerprint density at radius 2 is 2.08 bits per heavy atom. The van der Waals surface area contributed by atoms with E-state index in [0.29, 0.717) is 12.0 Å². The zero-order chi connectivity index (χ0) is 17.9. The van der Waals surface area contributed by atoms with Gasteiger partial charge in [0.05, 0.1) is 0 Å². The molecule has 0 radical (unpaired) electrons. The molecule has 2 amide bonds. The van der Waals surface area contributed by atoms with Gasteiger partial charge in [0.2, 0.25) is 5.91 Å². The number of hydrogen-bond donors (Lipinski definition) is 1. The Morgan fingerprint density at radius 3 is 2.67 bits per heavy atom. The number of aryl methyl sites for hydroxylation is 1. The minimum atomic E-state index is -4.46. The summed E-state index contributed by atoms with van der Waals surface area (Å²) in [7, 11) is 0. The van der Waals surface area contributed by atoms with E-state index in [9.17, 15) is 22.8 Å². The van der Waals surface area contributed by atoms with Gasteiger partial charge >= 0.3 is 6.18 Å². The molecule has 8 heteroatoms. The third kappa shape index (κ3) is 4.04. The molecule has 1 saturated heterocycles. The summed E-state index contributed by atoms with van der Waals surface area (Å²) in [6.07, 6.45) is -0.788. The second kappa shape index (κ2) is 7.19. The first kappa shape index (κ1) is 18.2. The largest absolute Gasteiger partial charge is 0.408 e. The molecule has 5 nitrogen and oxygen atoms in total. The Hall–Kier alpha value is -2.12. The van der Waals surface area contributed by atoms with E-state index in [4.69, 9.17) is 0 Å². The van der Waals surface area contributed by atoms with Crippen LogP contribution in [0.1, 0.15) is 42.6 Å². The van der Waals surface area contributed by atoms with E-state index in [1.165, 1.54) is 6.20 Å². The van der Waals surface area contributed by atoms with Crippen molar-refractivity contribution >= 4 is 11.8 Å². The van der Waals surface area contributed by atoms with E-state index in [-0.39, 0.29) is 25.3 Å². The van der Waals surface area contributed by atoms with Crippen LogP contribution in [0.4, 0.5) is 13.2 Å². The summed E-state index contributed by atoms with van der Waals surface area (Å²) in [5, 5.41) is 2.74. The van der Waals surface area contributed by atoms with Crippen LogP contribution in [0.25, 0.3) is 0 Å². The van der Waals surface area contributed by atoms with E-state index in [1.807, 2.05) is 6.92 Å². The smallest absolute Gasteiger partial charge is 0.348 e. The van der Waals surface area contributed by atoms with Gasteiger partial charge in [0.1, 0.15) is 6.04 Å². The SMILES string of the molecule is CCc1cnccc1C(=O)N[C@@H]1CC[C@@H](C(F)(F)F)N(C(C)=O)C1. The third-order valence-corrected chi connectivity index (χ3v) is 4.23. The Bertz CT molecular complexity index is 619. The summed E-state index contributed by atoms with van der Waals surface area (Å²) < 4.78 is 39.1. The number of alkyl halides is 3. The number of hydrogen-bond acceptors (Lipinski definition) is 3. The molecule has 1 fully saturated rings. The fourth-order valence-corrected chi connectivity index (χ4v) is 2.97. The average molecular weight is 343 g/mol. The van der Waals surface area contributed by atoms with Crippen LogP contribution in [-0.4, -0.2) is 46.5 Å². The highest BCUT2D eigenvalue weighted by molar-refractivity contribution is 5.95. The molecule has 0 bridgehead atoms. The zero-order valence-electron chi connectivity index (χ0n) is 13.6. The van der Waals surface area contributed by atoms with Crippen LogP contribution in [0.3, 0.4) is 0 Å². The Labute approximate surface area is 138 Å². The molecule has 2 rings (SSSR count). The summed E-state index contributed by atoms with van der Waals surface area (Å²) in [4.78, 5) is 28.7. The lowest BCUT2D eigenvalue weighted by Gasteiger charge is -2.40. The fraction of sp³-hybridized carbons (Fsp3) is 0.562. The number of amides is 2. The van der Waals surface area contributed by atoms with Crippen molar-refractivity contribution in [1.82, 2.24) is 15.2 Å². The van der Waals surface area contributed by atoms with Crippen LogP contribution in [0.2, 0.25) is 0 Å². The Morgan fingerprint density at radius 1 is 1.38 bits per heavy atom. The van der Waals surface area contributed by atoms with E-state index >= 15 is 0 Å². The van der Waals surface area contributed by atoms with Gasteiger partial charge in [0.15, 0.2) is 0 Å². The van der Waals surface area contributed by atoms with Crippen molar-refractivity contribution in [2.24, 2.45) is 0 Å². The summed E-state index contributed by atoms with van der Waals surface area (Å²) in [6, 6.07) is -0.703. The van der Waals surface area contributed by atoms with Gasteiger partial charge in [-0.15, -0.1) is 0 Å². The summed E-state index contributed by atoms with van der Waals surface area (Å²) in [5.41, 5.74) is 1.22. The lowest BCUT2D eigenvalue weighted by Crippen LogP contribution is -2.57. The van der Waals surface area contributed by atoms with Crippen LogP contribution in [0, 0.1) is 0 Å². The molecular formula is C16H20F3N3O2. The molecular weight excluding hydrogens is 323 g/mol. The number of nitrogens with zero attached hydrogens (tertiary/aromatic N) is 2. The number of halogens is 3. The van der Waals surface area contributed by atoms with Crippen molar-refractivity contribution in [3.8, 4) is 0 Å². The molecule has 1 N–H and O–H groups in total. The maximum atomic E-state index is 13.0. The van der Waals surface area contributed by atoms with Gasteiger partial charge in [-0.05, 0) is 30.9 Å². The van der Waals surface area contributed by atoms with Crippen molar-refractivity contribution in [3.63, 3.8) is 0 Å². The lowest BCUT2D eigenvalue weighted by atomic mass is 9.97. The molecule has 1 aliphatic rings. The number of likely N-dealkylation sites (tertiary alicyclic amines) is 1. The Balaban J connectivity index is 2.09. The van der Waals surface area contributed by atoms with Gasteiger partial charge in [0.25, 0.3) is 5.91 Å². The predicted molar refractivity (Wildman–Crippen MR) is 81.3 cm³/mol. The van der Waals surface area contributed by atoms with Gasteiger partial charge < -0.3 is 10.2 Å². The highest BCUT2D eigenvalue weighted by Crippen LogP contribution is 2.32. The predicted octanol–water partition coefficient (Wildman–Crippen LogP) is 2.32. The monoisotopic (exact) mass is 343 g/mol. The van der Waals surface area contributed by atoms with Crippen LogP contribution >= 0.6 is 0 Å². The first-order valence-corrected chi connectivity index (χ1v) is 7.81.